The minimum absolute atomic E-state index is 0.321. The predicted octanol–water partition coefficient (Wildman–Crippen LogP) is 3.79. The van der Waals surface area contributed by atoms with E-state index in [0.717, 1.165) is 10.2 Å². The maximum atomic E-state index is 9.16. The topological polar surface area (TPSA) is 51.5 Å². The van der Waals surface area contributed by atoms with Gasteiger partial charge in [-0.25, -0.2) is 0 Å². The predicted molar refractivity (Wildman–Crippen MR) is 82.8 cm³/mol. The van der Waals surface area contributed by atoms with Gasteiger partial charge in [-0.15, -0.1) is 0 Å². The Morgan fingerprint density at radius 1 is 1.10 bits per heavy atom. The molecule has 0 aliphatic heterocycles. The van der Waals surface area contributed by atoms with Crippen LogP contribution in [-0.4, -0.2) is 20.3 Å². The Balaban J connectivity index is 1.98. The Morgan fingerprint density at radius 3 is 2.48 bits per heavy atom. The third-order valence-corrected chi connectivity index (χ3v) is 3.16. The minimum atomic E-state index is 0.321. The van der Waals surface area contributed by atoms with Gasteiger partial charge in [0.2, 0.25) is 0 Å². The van der Waals surface area contributed by atoms with Gasteiger partial charge in [-0.3, -0.25) is 0 Å². The van der Waals surface area contributed by atoms with E-state index >= 15 is 0 Å². The summed E-state index contributed by atoms with van der Waals surface area (Å²) in [4.78, 5) is 0. The third-order valence-electron chi connectivity index (χ3n) is 2.70. The number of hydrogen-bond acceptors (Lipinski definition) is 4. The number of halogens is 1. The van der Waals surface area contributed by atoms with Gasteiger partial charge in [0.25, 0.3) is 0 Å². The molecule has 0 saturated heterocycles. The molecule has 0 amide bonds. The molecule has 4 nitrogen and oxygen atoms in total. The highest BCUT2D eigenvalue weighted by molar-refractivity contribution is 9.10. The molecule has 0 N–H and O–H groups in total. The Kier molecular flexibility index (Phi) is 5.47. The van der Waals surface area contributed by atoms with Crippen LogP contribution in [0.3, 0.4) is 0 Å². The van der Waals surface area contributed by atoms with Crippen molar-refractivity contribution in [1.82, 2.24) is 0 Å². The molecule has 0 bridgehead atoms. The van der Waals surface area contributed by atoms with Crippen LogP contribution in [0, 0.1) is 11.3 Å². The number of methoxy groups -OCH3 is 1. The first-order valence-corrected chi connectivity index (χ1v) is 7.12. The molecule has 2 aromatic carbocycles. The molecule has 0 aromatic heterocycles. The van der Waals surface area contributed by atoms with E-state index in [1.165, 1.54) is 7.11 Å². The fourth-order valence-corrected chi connectivity index (χ4v) is 2.21. The maximum absolute atomic E-state index is 9.16. The van der Waals surface area contributed by atoms with Gasteiger partial charge in [-0.1, -0.05) is 34.1 Å². The van der Waals surface area contributed by atoms with Crippen molar-refractivity contribution in [2.24, 2.45) is 0 Å². The molecule has 21 heavy (non-hydrogen) atoms. The zero-order valence-electron chi connectivity index (χ0n) is 11.5. The molecule has 5 heteroatoms. The van der Waals surface area contributed by atoms with Gasteiger partial charge in [0, 0.05) is 4.47 Å². The molecular formula is C16H14BrNO3. The first kappa shape index (κ1) is 15.2. The number of hydrogen-bond donors (Lipinski definition) is 0. The van der Waals surface area contributed by atoms with Crippen molar-refractivity contribution in [1.29, 1.82) is 5.26 Å². The largest absolute Gasteiger partial charge is 0.493 e. The second-order valence-corrected chi connectivity index (χ2v) is 5.02. The van der Waals surface area contributed by atoms with Crippen LogP contribution in [0.5, 0.6) is 17.2 Å². The highest BCUT2D eigenvalue weighted by Gasteiger charge is 2.12. The van der Waals surface area contributed by atoms with E-state index < -0.39 is 0 Å². The zero-order chi connectivity index (χ0) is 15.1. The monoisotopic (exact) mass is 347 g/mol. The summed E-state index contributed by atoms with van der Waals surface area (Å²) >= 11 is 3.33. The lowest BCUT2D eigenvalue weighted by Crippen LogP contribution is -2.10. The summed E-state index contributed by atoms with van der Waals surface area (Å²) in [5.74, 6) is 1.73. The standard InChI is InChI=1S/C16H14BrNO3/c1-19-15-10-13(17)9-12(11-18)16(15)21-8-7-20-14-5-3-2-4-6-14/h2-6,9-10H,7-8H2,1H3. The fourth-order valence-electron chi connectivity index (χ4n) is 1.77. The van der Waals surface area contributed by atoms with Crippen molar-refractivity contribution in [3.8, 4) is 23.3 Å². The SMILES string of the molecule is COc1cc(Br)cc(C#N)c1OCCOc1ccccc1. The Bertz CT molecular complexity index is 638. The second kappa shape index (κ2) is 7.55. The zero-order valence-corrected chi connectivity index (χ0v) is 13.1. The van der Waals surface area contributed by atoms with Gasteiger partial charge < -0.3 is 14.2 Å². The second-order valence-electron chi connectivity index (χ2n) is 4.11. The van der Waals surface area contributed by atoms with E-state index in [9.17, 15) is 0 Å². The first-order chi connectivity index (χ1) is 10.2. The highest BCUT2D eigenvalue weighted by Crippen LogP contribution is 2.34. The normalized spacial score (nSPS) is 9.76. The van der Waals surface area contributed by atoms with Crippen LogP contribution in [0.2, 0.25) is 0 Å². The fraction of sp³-hybridized carbons (Fsp3) is 0.188. The average molecular weight is 348 g/mol. The Labute approximate surface area is 132 Å². The van der Waals surface area contributed by atoms with Crippen molar-refractivity contribution in [2.75, 3.05) is 20.3 Å². The molecule has 0 aliphatic rings. The molecule has 0 radical (unpaired) electrons. The molecule has 0 unspecified atom stereocenters. The Morgan fingerprint density at radius 2 is 1.81 bits per heavy atom. The van der Waals surface area contributed by atoms with Crippen LogP contribution in [-0.2, 0) is 0 Å². The third kappa shape index (κ3) is 4.14. The van der Waals surface area contributed by atoms with Crippen LogP contribution in [0.1, 0.15) is 5.56 Å². The molecule has 108 valence electrons. The summed E-state index contributed by atoms with van der Waals surface area (Å²) in [6.45, 7) is 0.704. The molecule has 0 fully saturated rings. The number of nitrogens with zero attached hydrogens (tertiary/aromatic N) is 1. The van der Waals surface area contributed by atoms with Crippen LogP contribution in [0.15, 0.2) is 46.9 Å². The van der Waals surface area contributed by atoms with E-state index in [4.69, 9.17) is 19.5 Å². The van der Waals surface area contributed by atoms with E-state index in [1.807, 2.05) is 30.3 Å². The molecular weight excluding hydrogens is 334 g/mol. The van der Waals surface area contributed by atoms with E-state index in [1.54, 1.807) is 12.1 Å². The van der Waals surface area contributed by atoms with E-state index in [0.29, 0.717) is 30.3 Å². The van der Waals surface area contributed by atoms with Gasteiger partial charge in [0.15, 0.2) is 11.5 Å². The number of rotatable bonds is 6. The molecule has 0 atom stereocenters. The summed E-state index contributed by atoms with van der Waals surface area (Å²) in [6, 6.07) is 15.0. The maximum Gasteiger partial charge on any atom is 0.179 e. The minimum Gasteiger partial charge on any atom is -0.493 e. The van der Waals surface area contributed by atoms with Crippen molar-refractivity contribution in [2.45, 2.75) is 0 Å². The lowest BCUT2D eigenvalue weighted by molar-refractivity contribution is 0.211. The van der Waals surface area contributed by atoms with Gasteiger partial charge in [0.05, 0.1) is 12.7 Å². The lowest BCUT2D eigenvalue weighted by Gasteiger charge is -2.13. The number of para-hydroxylation sites is 1. The van der Waals surface area contributed by atoms with Crippen LogP contribution in [0.25, 0.3) is 0 Å². The van der Waals surface area contributed by atoms with Gasteiger partial charge >= 0.3 is 0 Å². The molecule has 0 heterocycles. The summed E-state index contributed by atoms with van der Waals surface area (Å²) in [6.07, 6.45) is 0. The summed E-state index contributed by atoms with van der Waals surface area (Å²) in [5.41, 5.74) is 0.418. The van der Waals surface area contributed by atoms with Gasteiger partial charge in [0.1, 0.15) is 25.0 Å². The Hall–Kier alpha value is -2.19. The van der Waals surface area contributed by atoms with Crippen molar-refractivity contribution < 1.29 is 14.2 Å². The molecule has 2 aromatic rings. The average Bonchev–Trinajstić information content (AvgIpc) is 2.52. The quantitative estimate of drug-likeness (QED) is 0.746. The summed E-state index contributed by atoms with van der Waals surface area (Å²) in [5, 5.41) is 9.16. The number of nitriles is 1. The first-order valence-electron chi connectivity index (χ1n) is 6.33. The highest BCUT2D eigenvalue weighted by atomic mass is 79.9. The van der Waals surface area contributed by atoms with Gasteiger partial charge in [-0.2, -0.15) is 5.26 Å². The van der Waals surface area contributed by atoms with Crippen LogP contribution in [0.4, 0.5) is 0 Å². The molecule has 0 aliphatic carbocycles. The molecule has 0 saturated carbocycles. The van der Waals surface area contributed by atoms with Crippen molar-refractivity contribution in [3.05, 3.63) is 52.5 Å². The van der Waals surface area contributed by atoms with Crippen molar-refractivity contribution in [3.63, 3.8) is 0 Å². The molecule has 2 rings (SSSR count). The number of ether oxygens (including phenoxy) is 3. The lowest BCUT2D eigenvalue weighted by atomic mass is 10.2. The van der Waals surface area contributed by atoms with Crippen LogP contribution < -0.4 is 14.2 Å². The smallest absolute Gasteiger partial charge is 0.179 e. The summed E-state index contributed by atoms with van der Waals surface area (Å²) in [7, 11) is 1.54. The van der Waals surface area contributed by atoms with Crippen LogP contribution >= 0.6 is 15.9 Å². The van der Waals surface area contributed by atoms with E-state index in [2.05, 4.69) is 22.0 Å². The number of benzene rings is 2. The van der Waals surface area contributed by atoms with Gasteiger partial charge in [-0.05, 0) is 24.3 Å². The van der Waals surface area contributed by atoms with Crippen molar-refractivity contribution >= 4 is 15.9 Å². The van der Waals surface area contributed by atoms with E-state index in [-0.39, 0.29) is 0 Å². The summed E-state index contributed by atoms with van der Waals surface area (Å²) < 4.78 is 17.2. The molecule has 0 spiro atoms.